The molecule has 0 spiro atoms. The van der Waals surface area contributed by atoms with Crippen LogP contribution in [0.1, 0.15) is 5.69 Å². The van der Waals surface area contributed by atoms with Gasteiger partial charge in [-0.1, -0.05) is 18.2 Å². The van der Waals surface area contributed by atoms with E-state index in [4.69, 9.17) is 5.73 Å². The summed E-state index contributed by atoms with van der Waals surface area (Å²) in [7, 11) is 0. The molecule has 2 aromatic heterocycles. The number of anilines is 1. The summed E-state index contributed by atoms with van der Waals surface area (Å²) in [6, 6.07) is 9.93. The summed E-state index contributed by atoms with van der Waals surface area (Å²) in [5.74, 6) is 0.428. The van der Waals surface area contributed by atoms with Crippen LogP contribution in [0.5, 0.6) is 0 Å². The molecule has 0 aliphatic rings. The molecule has 0 saturated carbocycles. The minimum absolute atomic E-state index is 0.428. The maximum Gasteiger partial charge on any atom is 0.222 e. The number of nitrogens with two attached hydrogens (primary N) is 1. The van der Waals surface area contributed by atoms with E-state index in [1.807, 2.05) is 37.3 Å². The zero-order chi connectivity index (χ0) is 10.4. The zero-order valence-electron chi connectivity index (χ0n) is 8.31. The first-order valence-electron chi connectivity index (χ1n) is 4.76. The minimum Gasteiger partial charge on any atom is -0.368 e. The summed E-state index contributed by atoms with van der Waals surface area (Å²) in [5.41, 5.74) is 8.68. The molecule has 1 aromatic carbocycles. The van der Waals surface area contributed by atoms with Gasteiger partial charge in [0.05, 0.1) is 16.7 Å². The van der Waals surface area contributed by atoms with Crippen molar-refractivity contribution in [1.29, 1.82) is 0 Å². The molecule has 4 nitrogen and oxygen atoms in total. The Hall–Kier alpha value is -2.10. The summed E-state index contributed by atoms with van der Waals surface area (Å²) in [4.78, 5) is 4.30. The third-order valence-corrected chi connectivity index (χ3v) is 2.46. The molecule has 15 heavy (non-hydrogen) atoms. The van der Waals surface area contributed by atoms with E-state index < -0.39 is 0 Å². The fraction of sp³-hybridized carbons (Fsp3) is 0.0909. The first kappa shape index (κ1) is 8.23. The number of benzene rings is 1. The Kier molecular flexibility index (Phi) is 1.48. The van der Waals surface area contributed by atoms with Gasteiger partial charge in [-0.2, -0.15) is 9.61 Å². The van der Waals surface area contributed by atoms with Gasteiger partial charge in [0.2, 0.25) is 5.95 Å². The van der Waals surface area contributed by atoms with Crippen molar-refractivity contribution in [2.45, 2.75) is 6.92 Å². The summed E-state index contributed by atoms with van der Waals surface area (Å²) >= 11 is 0. The molecule has 0 atom stereocenters. The van der Waals surface area contributed by atoms with E-state index >= 15 is 0 Å². The molecule has 3 aromatic rings. The van der Waals surface area contributed by atoms with Crippen LogP contribution < -0.4 is 5.73 Å². The van der Waals surface area contributed by atoms with Crippen LogP contribution in [0, 0.1) is 6.92 Å². The number of para-hydroxylation sites is 1. The highest BCUT2D eigenvalue weighted by atomic mass is 15.3. The van der Waals surface area contributed by atoms with Gasteiger partial charge in [0, 0.05) is 5.39 Å². The van der Waals surface area contributed by atoms with Crippen LogP contribution in [0.25, 0.3) is 16.4 Å². The van der Waals surface area contributed by atoms with Crippen molar-refractivity contribution in [3.8, 4) is 0 Å². The number of rotatable bonds is 0. The normalized spacial score (nSPS) is 11.3. The molecule has 0 amide bonds. The van der Waals surface area contributed by atoms with E-state index in [-0.39, 0.29) is 0 Å². The summed E-state index contributed by atoms with van der Waals surface area (Å²) in [6.45, 7) is 1.95. The molecule has 2 heterocycles. The number of hydrogen-bond donors (Lipinski definition) is 1. The second kappa shape index (κ2) is 2.70. The number of nitrogen functional groups attached to an aromatic ring is 1. The van der Waals surface area contributed by atoms with Gasteiger partial charge in [-0.05, 0) is 19.1 Å². The molecule has 4 heteroatoms. The average Bonchev–Trinajstić information content (AvgIpc) is 2.61. The number of aryl methyl sites for hydroxylation is 1. The molecule has 0 fully saturated rings. The molecule has 0 aliphatic heterocycles. The van der Waals surface area contributed by atoms with E-state index in [0.29, 0.717) is 5.95 Å². The lowest BCUT2D eigenvalue weighted by Gasteiger charge is -2.02. The van der Waals surface area contributed by atoms with Gasteiger partial charge in [0.15, 0.2) is 0 Å². The molecule has 2 N–H and O–H groups in total. The van der Waals surface area contributed by atoms with Crippen LogP contribution in [-0.2, 0) is 0 Å². The van der Waals surface area contributed by atoms with Crippen LogP contribution >= 0.6 is 0 Å². The molecule has 0 aliphatic carbocycles. The number of fused-ring (bicyclic) bond motifs is 3. The second-order valence-corrected chi connectivity index (χ2v) is 3.57. The lowest BCUT2D eigenvalue weighted by molar-refractivity contribution is 0.926. The predicted octanol–water partition coefficient (Wildman–Crippen LogP) is 1.77. The van der Waals surface area contributed by atoms with Crippen LogP contribution in [-0.4, -0.2) is 14.6 Å². The highest BCUT2D eigenvalue weighted by Gasteiger charge is 2.06. The summed E-state index contributed by atoms with van der Waals surface area (Å²) < 4.78 is 1.68. The van der Waals surface area contributed by atoms with Crippen LogP contribution in [0.3, 0.4) is 0 Å². The fourth-order valence-electron chi connectivity index (χ4n) is 1.82. The SMILES string of the molecule is Cc1cc2c3ccccc3nc(N)n2n1. The van der Waals surface area contributed by atoms with Crippen molar-refractivity contribution in [2.24, 2.45) is 0 Å². The molecule has 0 radical (unpaired) electrons. The minimum atomic E-state index is 0.428. The Balaban J connectivity index is 2.63. The average molecular weight is 198 g/mol. The topological polar surface area (TPSA) is 56.2 Å². The van der Waals surface area contributed by atoms with Gasteiger partial charge < -0.3 is 5.73 Å². The van der Waals surface area contributed by atoms with Gasteiger partial charge in [-0.15, -0.1) is 0 Å². The largest absolute Gasteiger partial charge is 0.368 e. The van der Waals surface area contributed by atoms with Crippen molar-refractivity contribution in [3.63, 3.8) is 0 Å². The first-order valence-corrected chi connectivity index (χ1v) is 4.76. The Morgan fingerprint density at radius 3 is 2.93 bits per heavy atom. The molecule has 0 unspecified atom stereocenters. The number of nitrogens with zero attached hydrogens (tertiary/aromatic N) is 3. The van der Waals surface area contributed by atoms with E-state index in [1.54, 1.807) is 4.52 Å². The Labute approximate surface area is 86.3 Å². The van der Waals surface area contributed by atoms with Crippen molar-refractivity contribution < 1.29 is 0 Å². The van der Waals surface area contributed by atoms with E-state index in [1.165, 1.54) is 0 Å². The molecular formula is C11H10N4. The van der Waals surface area contributed by atoms with Crippen LogP contribution in [0.4, 0.5) is 5.95 Å². The number of aromatic nitrogens is 3. The molecule has 0 bridgehead atoms. The van der Waals surface area contributed by atoms with E-state index in [0.717, 1.165) is 22.1 Å². The highest BCUT2D eigenvalue weighted by Crippen LogP contribution is 2.20. The summed E-state index contributed by atoms with van der Waals surface area (Å²) in [6.07, 6.45) is 0. The zero-order valence-corrected chi connectivity index (χ0v) is 8.31. The molecule has 3 rings (SSSR count). The highest BCUT2D eigenvalue weighted by molar-refractivity contribution is 5.94. The Morgan fingerprint density at radius 2 is 2.07 bits per heavy atom. The van der Waals surface area contributed by atoms with E-state index in [2.05, 4.69) is 10.1 Å². The monoisotopic (exact) mass is 198 g/mol. The van der Waals surface area contributed by atoms with Gasteiger partial charge in [-0.25, -0.2) is 4.98 Å². The van der Waals surface area contributed by atoms with Gasteiger partial charge >= 0.3 is 0 Å². The van der Waals surface area contributed by atoms with Crippen molar-refractivity contribution in [1.82, 2.24) is 14.6 Å². The van der Waals surface area contributed by atoms with Crippen LogP contribution in [0.15, 0.2) is 30.3 Å². The van der Waals surface area contributed by atoms with Gasteiger partial charge in [0.25, 0.3) is 0 Å². The summed E-state index contributed by atoms with van der Waals surface area (Å²) in [5, 5.41) is 5.37. The third kappa shape index (κ3) is 1.08. The molecule has 0 saturated heterocycles. The Bertz CT molecular complexity index is 654. The van der Waals surface area contributed by atoms with Crippen molar-refractivity contribution >= 4 is 22.4 Å². The molecular weight excluding hydrogens is 188 g/mol. The quantitative estimate of drug-likeness (QED) is 0.599. The van der Waals surface area contributed by atoms with Gasteiger partial charge in [-0.3, -0.25) is 0 Å². The second-order valence-electron chi connectivity index (χ2n) is 3.57. The first-order chi connectivity index (χ1) is 7.25. The van der Waals surface area contributed by atoms with E-state index in [9.17, 15) is 0 Å². The smallest absolute Gasteiger partial charge is 0.222 e. The predicted molar refractivity (Wildman–Crippen MR) is 59.6 cm³/mol. The standard InChI is InChI=1S/C11H10N4/c1-7-6-10-8-4-2-3-5-9(8)13-11(12)15(10)14-7/h2-6H,1H3,(H2,12,13). The lowest BCUT2D eigenvalue weighted by Crippen LogP contribution is -2.02. The number of hydrogen-bond acceptors (Lipinski definition) is 3. The lowest BCUT2D eigenvalue weighted by atomic mass is 10.2. The fourth-order valence-corrected chi connectivity index (χ4v) is 1.82. The van der Waals surface area contributed by atoms with Crippen molar-refractivity contribution in [2.75, 3.05) is 5.73 Å². The maximum atomic E-state index is 5.82. The maximum absolute atomic E-state index is 5.82. The van der Waals surface area contributed by atoms with Crippen molar-refractivity contribution in [3.05, 3.63) is 36.0 Å². The Morgan fingerprint density at radius 1 is 1.27 bits per heavy atom. The van der Waals surface area contributed by atoms with Gasteiger partial charge in [0.1, 0.15) is 0 Å². The molecule has 74 valence electrons. The van der Waals surface area contributed by atoms with Crippen LogP contribution in [0.2, 0.25) is 0 Å². The third-order valence-electron chi connectivity index (χ3n) is 2.46.